The average Bonchev–Trinajstić information content (AvgIpc) is 2.35. The van der Waals surface area contributed by atoms with Gasteiger partial charge in [-0.25, -0.2) is 4.98 Å². The third-order valence-corrected chi connectivity index (χ3v) is 2.35. The van der Waals surface area contributed by atoms with Crippen molar-refractivity contribution in [3.8, 4) is 5.88 Å². The third-order valence-electron chi connectivity index (χ3n) is 2.35. The number of carbonyl (C=O) groups excluding carboxylic acids is 1. The summed E-state index contributed by atoms with van der Waals surface area (Å²) >= 11 is 0. The molecule has 0 bridgehead atoms. The molecule has 1 amide bonds. The van der Waals surface area contributed by atoms with E-state index in [0.717, 1.165) is 0 Å². The number of pyridine rings is 1. The van der Waals surface area contributed by atoms with Crippen molar-refractivity contribution >= 4 is 11.9 Å². The van der Waals surface area contributed by atoms with Crippen molar-refractivity contribution in [3.63, 3.8) is 0 Å². The van der Waals surface area contributed by atoms with E-state index in [9.17, 15) is 9.59 Å². The fraction of sp³-hybridized carbons (Fsp3) is 0.462. The molecule has 0 aliphatic heterocycles. The summed E-state index contributed by atoms with van der Waals surface area (Å²) in [6, 6.07) is 3.24. The van der Waals surface area contributed by atoms with E-state index >= 15 is 0 Å². The van der Waals surface area contributed by atoms with Crippen molar-refractivity contribution in [2.24, 2.45) is 0 Å². The maximum atomic E-state index is 11.9. The molecule has 1 heterocycles. The SMILES string of the molecule is CC(C)Oc1ccc(C(=O)N(C)CCC(=O)O)cn1. The van der Waals surface area contributed by atoms with Crippen LogP contribution in [0.3, 0.4) is 0 Å². The summed E-state index contributed by atoms with van der Waals surface area (Å²) in [5.74, 6) is -0.733. The van der Waals surface area contributed by atoms with Gasteiger partial charge in [-0.2, -0.15) is 0 Å². The Kier molecular flexibility index (Phi) is 5.29. The van der Waals surface area contributed by atoms with Crippen LogP contribution in [0.2, 0.25) is 0 Å². The van der Waals surface area contributed by atoms with E-state index < -0.39 is 5.97 Å². The zero-order valence-electron chi connectivity index (χ0n) is 11.3. The van der Waals surface area contributed by atoms with E-state index in [1.807, 2.05) is 13.8 Å². The number of hydrogen-bond donors (Lipinski definition) is 1. The molecule has 1 N–H and O–H groups in total. The normalized spacial score (nSPS) is 10.3. The molecule has 19 heavy (non-hydrogen) atoms. The van der Waals surface area contributed by atoms with Gasteiger partial charge in [-0.15, -0.1) is 0 Å². The van der Waals surface area contributed by atoms with Crippen LogP contribution >= 0.6 is 0 Å². The molecule has 6 heteroatoms. The molecular formula is C13H18N2O4. The number of ether oxygens (including phenoxy) is 1. The molecule has 1 rings (SSSR count). The quantitative estimate of drug-likeness (QED) is 0.842. The first-order valence-corrected chi connectivity index (χ1v) is 6.00. The number of rotatable bonds is 6. The number of carboxylic acid groups (broad SMARTS) is 1. The van der Waals surface area contributed by atoms with E-state index in [0.29, 0.717) is 11.4 Å². The zero-order valence-corrected chi connectivity index (χ0v) is 11.3. The van der Waals surface area contributed by atoms with Crippen molar-refractivity contribution < 1.29 is 19.4 Å². The van der Waals surface area contributed by atoms with Gasteiger partial charge in [-0.1, -0.05) is 0 Å². The summed E-state index contributed by atoms with van der Waals surface area (Å²) in [5.41, 5.74) is 0.406. The topological polar surface area (TPSA) is 79.7 Å². The first-order chi connectivity index (χ1) is 8.90. The Bertz CT molecular complexity index is 442. The number of nitrogens with zero attached hydrogens (tertiary/aromatic N) is 2. The van der Waals surface area contributed by atoms with Gasteiger partial charge in [0.1, 0.15) is 0 Å². The highest BCUT2D eigenvalue weighted by molar-refractivity contribution is 5.93. The van der Waals surface area contributed by atoms with Gasteiger partial charge in [-0.05, 0) is 19.9 Å². The van der Waals surface area contributed by atoms with Crippen LogP contribution in [0.1, 0.15) is 30.6 Å². The van der Waals surface area contributed by atoms with Gasteiger partial charge in [0.25, 0.3) is 5.91 Å². The van der Waals surface area contributed by atoms with Crippen LogP contribution in [0.25, 0.3) is 0 Å². The first-order valence-electron chi connectivity index (χ1n) is 6.00. The van der Waals surface area contributed by atoms with Crippen molar-refractivity contribution in [1.29, 1.82) is 0 Å². The monoisotopic (exact) mass is 266 g/mol. The van der Waals surface area contributed by atoms with Crippen LogP contribution in [-0.4, -0.2) is 46.6 Å². The highest BCUT2D eigenvalue weighted by Gasteiger charge is 2.13. The fourth-order valence-corrected chi connectivity index (χ4v) is 1.40. The Labute approximate surface area is 112 Å². The Morgan fingerprint density at radius 2 is 2.11 bits per heavy atom. The number of hydrogen-bond acceptors (Lipinski definition) is 4. The molecule has 1 aromatic heterocycles. The van der Waals surface area contributed by atoms with Gasteiger partial charge in [0.05, 0.1) is 18.1 Å². The van der Waals surface area contributed by atoms with Gasteiger partial charge >= 0.3 is 5.97 Å². The molecule has 0 saturated heterocycles. The van der Waals surface area contributed by atoms with Gasteiger partial charge in [0.15, 0.2) is 0 Å². The van der Waals surface area contributed by atoms with Crippen LogP contribution in [0.5, 0.6) is 5.88 Å². The van der Waals surface area contributed by atoms with Crippen LogP contribution in [-0.2, 0) is 4.79 Å². The minimum Gasteiger partial charge on any atom is -0.481 e. The summed E-state index contributed by atoms with van der Waals surface area (Å²) < 4.78 is 5.37. The maximum Gasteiger partial charge on any atom is 0.305 e. The van der Waals surface area contributed by atoms with E-state index in [-0.39, 0.29) is 25.0 Å². The van der Waals surface area contributed by atoms with E-state index in [1.54, 1.807) is 19.2 Å². The lowest BCUT2D eigenvalue weighted by Gasteiger charge is -2.16. The lowest BCUT2D eigenvalue weighted by molar-refractivity contribution is -0.137. The maximum absolute atomic E-state index is 11.9. The molecule has 0 aliphatic carbocycles. The van der Waals surface area contributed by atoms with Gasteiger partial charge in [0.2, 0.25) is 5.88 Å². The highest BCUT2D eigenvalue weighted by Crippen LogP contribution is 2.11. The second kappa shape index (κ2) is 6.72. The van der Waals surface area contributed by atoms with Gasteiger partial charge < -0.3 is 14.7 Å². The van der Waals surface area contributed by atoms with Crippen molar-refractivity contribution in [3.05, 3.63) is 23.9 Å². The Morgan fingerprint density at radius 3 is 2.58 bits per heavy atom. The smallest absolute Gasteiger partial charge is 0.305 e. The zero-order chi connectivity index (χ0) is 14.4. The number of carboxylic acids is 1. The van der Waals surface area contributed by atoms with Crippen LogP contribution < -0.4 is 4.74 Å². The Morgan fingerprint density at radius 1 is 1.42 bits per heavy atom. The molecule has 0 aliphatic rings. The number of aliphatic carboxylic acids is 1. The van der Waals surface area contributed by atoms with E-state index in [1.165, 1.54) is 11.1 Å². The second-order valence-electron chi connectivity index (χ2n) is 4.42. The first kappa shape index (κ1) is 14.9. The minimum absolute atomic E-state index is 0.0206. The molecule has 0 spiro atoms. The van der Waals surface area contributed by atoms with E-state index in [2.05, 4.69) is 4.98 Å². The molecule has 0 saturated carbocycles. The number of amides is 1. The average molecular weight is 266 g/mol. The Hall–Kier alpha value is -2.11. The molecule has 104 valence electrons. The standard InChI is InChI=1S/C13H18N2O4/c1-9(2)19-11-5-4-10(8-14-11)13(18)15(3)7-6-12(16)17/h4-5,8-9H,6-7H2,1-3H3,(H,16,17). The third kappa shape index (κ3) is 4.95. The van der Waals surface area contributed by atoms with Crippen LogP contribution in [0.15, 0.2) is 18.3 Å². The Balaban J connectivity index is 2.64. The lowest BCUT2D eigenvalue weighted by Crippen LogP contribution is -2.29. The fourth-order valence-electron chi connectivity index (χ4n) is 1.40. The largest absolute Gasteiger partial charge is 0.481 e. The molecule has 0 atom stereocenters. The summed E-state index contributed by atoms with van der Waals surface area (Å²) in [7, 11) is 1.56. The van der Waals surface area contributed by atoms with Crippen molar-refractivity contribution in [1.82, 2.24) is 9.88 Å². The minimum atomic E-state index is -0.932. The molecule has 1 aromatic rings. The predicted octanol–water partition coefficient (Wildman–Crippen LogP) is 1.42. The summed E-state index contributed by atoms with van der Waals surface area (Å²) in [4.78, 5) is 27.8. The van der Waals surface area contributed by atoms with Gasteiger partial charge in [-0.3, -0.25) is 9.59 Å². The highest BCUT2D eigenvalue weighted by atomic mass is 16.5. The van der Waals surface area contributed by atoms with Crippen LogP contribution in [0, 0.1) is 0 Å². The summed E-state index contributed by atoms with van der Waals surface area (Å²) in [5, 5.41) is 8.57. The summed E-state index contributed by atoms with van der Waals surface area (Å²) in [6.45, 7) is 3.94. The molecule has 6 nitrogen and oxygen atoms in total. The lowest BCUT2D eigenvalue weighted by atomic mass is 10.2. The number of aromatic nitrogens is 1. The molecule has 0 aromatic carbocycles. The van der Waals surface area contributed by atoms with Crippen LogP contribution in [0.4, 0.5) is 0 Å². The molecular weight excluding hydrogens is 248 g/mol. The van der Waals surface area contributed by atoms with Gasteiger partial charge in [0, 0.05) is 25.9 Å². The second-order valence-corrected chi connectivity index (χ2v) is 4.42. The van der Waals surface area contributed by atoms with Crippen molar-refractivity contribution in [2.45, 2.75) is 26.4 Å². The molecule has 0 unspecified atom stereocenters. The van der Waals surface area contributed by atoms with Crippen molar-refractivity contribution in [2.75, 3.05) is 13.6 Å². The van der Waals surface area contributed by atoms with E-state index in [4.69, 9.17) is 9.84 Å². The molecule has 0 radical (unpaired) electrons. The number of carbonyl (C=O) groups is 2. The molecule has 0 fully saturated rings. The predicted molar refractivity (Wildman–Crippen MR) is 69.2 cm³/mol. The summed E-state index contributed by atoms with van der Waals surface area (Å²) in [6.07, 6.45) is 1.37.